The Balaban J connectivity index is 1.81. The summed E-state index contributed by atoms with van der Waals surface area (Å²) in [6, 6.07) is 14.0. The summed E-state index contributed by atoms with van der Waals surface area (Å²) in [7, 11) is 0. The number of fused-ring (bicyclic) bond motifs is 2. The van der Waals surface area contributed by atoms with E-state index in [1.807, 2.05) is 30.3 Å². The largest absolute Gasteiger partial charge is 0.508 e. The zero-order valence-electron chi connectivity index (χ0n) is 14.2. The maximum atomic E-state index is 12.0. The second-order valence-corrected chi connectivity index (χ2v) is 6.91. The van der Waals surface area contributed by atoms with Gasteiger partial charge in [-0.15, -0.1) is 0 Å². The third-order valence-electron chi connectivity index (χ3n) is 5.45. The number of hydrazone groups is 1. The fraction of sp³-hybridized carbons (Fsp3) is 0.250. The fourth-order valence-electron chi connectivity index (χ4n) is 4.38. The number of carboxylic acid groups (broad SMARTS) is 2. The summed E-state index contributed by atoms with van der Waals surface area (Å²) in [4.78, 5) is 23.8. The van der Waals surface area contributed by atoms with E-state index in [-0.39, 0.29) is 5.75 Å². The Hall–Kier alpha value is -3.35. The van der Waals surface area contributed by atoms with Gasteiger partial charge in [-0.25, -0.2) is 0 Å². The highest BCUT2D eigenvalue weighted by atomic mass is 16.4. The molecule has 7 nitrogen and oxygen atoms in total. The van der Waals surface area contributed by atoms with Crippen molar-refractivity contribution in [3.05, 3.63) is 59.7 Å². The van der Waals surface area contributed by atoms with E-state index in [0.29, 0.717) is 17.7 Å². The number of para-hydroxylation sites is 1. The van der Waals surface area contributed by atoms with Gasteiger partial charge in [0, 0.05) is 17.5 Å². The normalized spacial score (nSPS) is 27.2. The van der Waals surface area contributed by atoms with Gasteiger partial charge in [-0.2, -0.15) is 5.10 Å². The molecule has 27 heavy (non-hydrogen) atoms. The number of hydrogen-bond acceptors (Lipinski definition) is 5. The highest BCUT2D eigenvalue weighted by Crippen LogP contribution is 2.55. The van der Waals surface area contributed by atoms with Crippen molar-refractivity contribution in [1.29, 1.82) is 0 Å². The van der Waals surface area contributed by atoms with Gasteiger partial charge in [0.05, 0.1) is 17.5 Å². The third-order valence-corrected chi connectivity index (χ3v) is 5.45. The van der Waals surface area contributed by atoms with E-state index in [1.165, 1.54) is 12.1 Å². The van der Waals surface area contributed by atoms with Crippen molar-refractivity contribution in [1.82, 2.24) is 0 Å². The Morgan fingerprint density at radius 1 is 0.963 bits per heavy atom. The Labute approximate surface area is 155 Å². The molecular weight excluding hydrogens is 348 g/mol. The number of anilines is 1. The summed E-state index contributed by atoms with van der Waals surface area (Å²) in [5, 5.41) is 33.8. The van der Waals surface area contributed by atoms with Crippen LogP contribution in [0.3, 0.4) is 0 Å². The molecule has 0 amide bonds. The molecule has 1 saturated carbocycles. The van der Waals surface area contributed by atoms with E-state index in [4.69, 9.17) is 0 Å². The van der Waals surface area contributed by atoms with Gasteiger partial charge in [-0.3, -0.25) is 15.0 Å². The summed E-state index contributed by atoms with van der Waals surface area (Å²) < 4.78 is 0. The summed E-state index contributed by atoms with van der Waals surface area (Å²) in [5.41, 5.74) is 5.70. The van der Waals surface area contributed by atoms with Crippen LogP contribution < -0.4 is 5.43 Å². The van der Waals surface area contributed by atoms with Crippen molar-refractivity contribution in [2.75, 3.05) is 5.43 Å². The number of nitrogens with zero attached hydrogens (tertiary/aromatic N) is 1. The number of nitrogens with one attached hydrogen (secondary N) is 1. The van der Waals surface area contributed by atoms with E-state index in [1.54, 1.807) is 6.07 Å². The molecule has 7 heteroatoms. The molecule has 0 spiro atoms. The van der Waals surface area contributed by atoms with E-state index >= 15 is 0 Å². The lowest BCUT2D eigenvalue weighted by molar-refractivity contribution is -0.156. The molecule has 3 aliphatic carbocycles. The maximum absolute atomic E-state index is 12.0. The lowest BCUT2D eigenvalue weighted by Crippen LogP contribution is -2.50. The van der Waals surface area contributed by atoms with Gasteiger partial charge in [-0.1, -0.05) is 24.3 Å². The number of hydrogen-bond donors (Lipinski definition) is 4. The minimum Gasteiger partial charge on any atom is -0.508 e. The second kappa shape index (κ2) is 6.42. The standard InChI is InChI=1S/C20H18N2O5/c23-11-6-7-12-13(8-11)16-15(22-21-10-4-2-1-3-5-10)9-14(12)17(19(24)25)18(16)20(26)27/h1-8,14,16-18,21,23H,9H2,(H,24,25)(H,26,27). The summed E-state index contributed by atoms with van der Waals surface area (Å²) >= 11 is 0. The summed E-state index contributed by atoms with van der Waals surface area (Å²) in [5.74, 6) is -5.63. The van der Waals surface area contributed by atoms with E-state index < -0.39 is 35.6 Å². The quantitative estimate of drug-likeness (QED) is 0.618. The smallest absolute Gasteiger partial charge is 0.308 e. The molecule has 138 valence electrons. The lowest BCUT2D eigenvalue weighted by Gasteiger charge is -2.46. The zero-order chi connectivity index (χ0) is 19.1. The first-order valence-corrected chi connectivity index (χ1v) is 8.63. The molecule has 4 unspecified atom stereocenters. The average molecular weight is 366 g/mol. The van der Waals surface area contributed by atoms with Gasteiger partial charge in [0.15, 0.2) is 0 Å². The minimum atomic E-state index is -1.17. The summed E-state index contributed by atoms with van der Waals surface area (Å²) in [6.45, 7) is 0. The number of aliphatic carboxylic acids is 2. The molecule has 0 saturated heterocycles. The SMILES string of the molecule is O=C(O)C1C2CC(=NNc3ccccc3)C(c3cc(O)ccc32)C1C(=O)O. The number of rotatable bonds is 4. The van der Waals surface area contributed by atoms with Gasteiger partial charge in [0.1, 0.15) is 5.75 Å². The molecule has 0 radical (unpaired) electrons. The highest BCUT2D eigenvalue weighted by Gasteiger charge is 2.56. The van der Waals surface area contributed by atoms with Crippen molar-refractivity contribution in [2.45, 2.75) is 18.3 Å². The van der Waals surface area contributed by atoms with Gasteiger partial charge >= 0.3 is 11.9 Å². The van der Waals surface area contributed by atoms with Crippen LogP contribution in [0.5, 0.6) is 5.75 Å². The molecule has 2 aromatic carbocycles. The number of carbonyl (C=O) groups is 2. The molecule has 0 aliphatic heterocycles. The van der Waals surface area contributed by atoms with Crippen molar-refractivity contribution in [2.24, 2.45) is 16.9 Å². The molecule has 0 heterocycles. The van der Waals surface area contributed by atoms with E-state index in [9.17, 15) is 24.9 Å². The predicted octanol–water partition coefficient (Wildman–Crippen LogP) is 2.85. The Morgan fingerprint density at radius 3 is 2.33 bits per heavy atom. The molecule has 2 bridgehead atoms. The first-order chi connectivity index (χ1) is 13.0. The highest BCUT2D eigenvalue weighted by molar-refractivity contribution is 6.01. The molecule has 2 aromatic rings. The molecule has 1 fully saturated rings. The number of benzene rings is 2. The molecule has 4 N–H and O–H groups in total. The number of phenols is 1. The van der Waals surface area contributed by atoms with Crippen LogP contribution in [0.2, 0.25) is 0 Å². The van der Waals surface area contributed by atoms with Crippen LogP contribution in [0.1, 0.15) is 29.4 Å². The minimum absolute atomic E-state index is 0.0210. The molecular formula is C20H18N2O5. The first-order valence-electron chi connectivity index (χ1n) is 8.63. The summed E-state index contributed by atoms with van der Waals surface area (Å²) in [6.07, 6.45) is 0.364. The van der Waals surface area contributed by atoms with Gasteiger partial charge in [0.25, 0.3) is 0 Å². The molecule has 5 rings (SSSR count). The monoisotopic (exact) mass is 366 g/mol. The maximum Gasteiger partial charge on any atom is 0.308 e. The molecule has 4 atom stereocenters. The average Bonchev–Trinajstić information content (AvgIpc) is 2.66. The van der Waals surface area contributed by atoms with Crippen molar-refractivity contribution < 1.29 is 24.9 Å². The van der Waals surface area contributed by atoms with Gasteiger partial charge in [-0.05, 0) is 41.8 Å². The first kappa shape index (κ1) is 17.1. The lowest BCUT2D eigenvalue weighted by atomic mass is 9.55. The van der Waals surface area contributed by atoms with Crippen molar-refractivity contribution in [3.8, 4) is 5.75 Å². The van der Waals surface area contributed by atoms with E-state index in [0.717, 1.165) is 11.3 Å². The Bertz CT molecular complexity index is 941. The number of aromatic hydroxyl groups is 1. The molecule has 3 aliphatic rings. The predicted molar refractivity (Wildman–Crippen MR) is 98.0 cm³/mol. The van der Waals surface area contributed by atoms with Crippen LogP contribution in [-0.2, 0) is 9.59 Å². The second-order valence-electron chi connectivity index (χ2n) is 6.91. The van der Waals surface area contributed by atoms with Crippen LogP contribution in [-0.4, -0.2) is 33.0 Å². The third kappa shape index (κ3) is 2.81. The van der Waals surface area contributed by atoms with Crippen molar-refractivity contribution in [3.63, 3.8) is 0 Å². The van der Waals surface area contributed by atoms with Crippen LogP contribution in [0, 0.1) is 11.8 Å². The topological polar surface area (TPSA) is 119 Å². The molecule has 0 aromatic heterocycles. The van der Waals surface area contributed by atoms with Gasteiger partial charge in [0.2, 0.25) is 0 Å². The fourth-order valence-corrected chi connectivity index (χ4v) is 4.38. The van der Waals surface area contributed by atoms with Crippen LogP contribution in [0.4, 0.5) is 5.69 Å². The van der Waals surface area contributed by atoms with Crippen molar-refractivity contribution >= 4 is 23.3 Å². The van der Waals surface area contributed by atoms with E-state index in [2.05, 4.69) is 10.5 Å². The number of carboxylic acids is 2. The zero-order valence-corrected chi connectivity index (χ0v) is 14.2. The van der Waals surface area contributed by atoms with Crippen LogP contribution >= 0.6 is 0 Å². The van der Waals surface area contributed by atoms with Crippen LogP contribution in [0.25, 0.3) is 0 Å². The van der Waals surface area contributed by atoms with Crippen LogP contribution in [0.15, 0.2) is 53.6 Å². The Morgan fingerprint density at radius 2 is 1.67 bits per heavy atom. The van der Waals surface area contributed by atoms with Gasteiger partial charge < -0.3 is 15.3 Å². The Kier molecular flexibility index (Phi) is 4.07. The number of phenolic OH excluding ortho intramolecular Hbond substituents is 1.